The van der Waals surface area contributed by atoms with Crippen LogP contribution in [0.4, 0.5) is 0 Å². The molecular weight excluding hydrogens is 288 g/mol. The molecule has 0 N–H and O–H groups in total. The lowest BCUT2D eigenvalue weighted by molar-refractivity contribution is -0.221. The largest absolute Gasteiger partial charge is 0.468 e. The molecule has 0 bridgehead atoms. The van der Waals surface area contributed by atoms with E-state index in [0.29, 0.717) is 0 Å². The number of hydrogen-bond acceptors (Lipinski definition) is 6. The Balaban J connectivity index is 2.48. The maximum Gasteiger partial charge on any atom is 0.323 e. The van der Waals surface area contributed by atoms with Crippen molar-refractivity contribution in [3.8, 4) is 0 Å². The predicted molar refractivity (Wildman–Crippen MR) is 76.7 cm³/mol. The Morgan fingerprint density at radius 1 is 1.23 bits per heavy atom. The standard InChI is InChI=1S/C16H20O6/c1-16(21-4)12(11(14(17)20-3)15(18)22-16)13(19-2)10-8-6-5-7-9-10/h5-9,11-13H,1-4H3/t11-,12+,13?,16+/m1/s1. The average Bonchev–Trinajstić information content (AvgIpc) is 2.80. The molecular formula is C16H20O6. The van der Waals surface area contributed by atoms with Gasteiger partial charge in [-0.2, -0.15) is 0 Å². The normalized spacial score (nSPS) is 29.0. The van der Waals surface area contributed by atoms with E-state index in [1.165, 1.54) is 21.3 Å². The van der Waals surface area contributed by atoms with Crippen LogP contribution in [0.5, 0.6) is 0 Å². The number of methoxy groups -OCH3 is 3. The molecule has 1 heterocycles. The van der Waals surface area contributed by atoms with E-state index < -0.39 is 35.7 Å². The molecule has 0 radical (unpaired) electrons. The molecule has 1 fully saturated rings. The van der Waals surface area contributed by atoms with Crippen molar-refractivity contribution in [3.63, 3.8) is 0 Å². The highest BCUT2D eigenvalue weighted by Crippen LogP contribution is 2.47. The first-order valence-electron chi connectivity index (χ1n) is 6.92. The third-order valence-corrected chi connectivity index (χ3v) is 4.09. The van der Waals surface area contributed by atoms with Gasteiger partial charge in [-0.25, -0.2) is 0 Å². The molecule has 6 heteroatoms. The molecule has 0 amide bonds. The summed E-state index contributed by atoms with van der Waals surface area (Å²) in [6.07, 6.45) is -0.554. The van der Waals surface area contributed by atoms with Gasteiger partial charge in [-0.3, -0.25) is 9.59 Å². The minimum atomic E-state index is -1.27. The van der Waals surface area contributed by atoms with E-state index in [1.54, 1.807) is 6.92 Å². The van der Waals surface area contributed by atoms with Crippen LogP contribution in [0.25, 0.3) is 0 Å². The quantitative estimate of drug-likeness (QED) is 0.609. The first-order valence-corrected chi connectivity index (χ1v) is 6.92. The van der Waals surface area contributed by atoms with Crippen molar-refractivity contribution < 1.29 is 28.5 Å². The second-order valence-corrected chi connectivity index (χ2v) is 5.23. The Morgan fingerprint density at radius 3 is 2.36 bits per heavy atom. The van der Waals surface area contributed by atoms with Crippen LogP contribution >= 0.6 is 0 Å². The summed E-state index contributed by atoms with van der Waals surface area (Å²) >= 11 is 0. The topological polar surface area (TPSA) is 71.1 Å². The molecule has 1 unspecified atom stereocenters. The minimum absolute atomic E-state index is 0.554. The van der Waals surface area contributed by atoms with Gasteiger partial charge in [-0.15, -0.1) is 0 Å². The maximum atomic E-state index is 12.2. The summed E-state index contributed by atoms with van der Waals surface area (Å²) in [4.78, 5) is 24.2. The van der Waals surface area contributed by atoms with Gasteiger partial charge >= 0.3 is 11.9 Å². The fourth-order valence-corrected chi connectivity index (χ4v) is 2.91. The third-order valence-electron chi connectivity index (χ3n) is 4.09. The molecule has 0 saturated carbocycles. The van der Waals surface area contributed by atoms with Crippen LogP contribution in [0, 0.1) is 11.8 Å². The zero-order chi connectivity index (χ0) is 16.3. The number of carbonyl (C=O) groups excluding carboxylic acids is 2. The summed E-state index contributed by atoms with van der Waals surface area (Å²) < 4.78 is 21.0. The van der Waals surface area contributed by atoms with Gasteiger partial charge in [0.1, 0.15) is 0 Å². The van der Waals surface area contributed by atoms with E-state index in [1.807, 2.05) is 30.3 Å². The van der Waals surface area contributed by atoms with Gasteiger partial charge in [0.15, 0.2) is 5.92 Å². The van der Waals surface area contributed by atoms with Crippen LogP contribution in [0.2, 0.25) is 0 Å². The Bertz CT molecular complexity index is 543. The highest BCUT2D eigenvalue weighted by atomic mass is 16.7. The number of rotatable bonds is 5. The number of benzene rings is 1. The van der Waals surface area contributed by atoms with Crippen molar-refractivity contribution >= 4 is 11.9 Å². The lowest BCUT2D eigenvalue weighted by Gasteiger charge is -2.34. The molecule has 1 aliphatic rings. The summed E-state index contributed by atoms with van der Waals surface area (Å²) in [5, 5.41) is 0. The number of hydrogen-bond donors (Lipinski definition) is 0. The zero-order valence-electron chi connectivity index (χ0n) is 13.1. The molecule has 1 aliphatic heterocycles. The predicted octanol–water partition coefficient (Wildman–Crippen LogP) is 1.70. The summed E-state index contributed by atoms with van der Waals surface area (Å²) in [5.41, 5.74) is 0.825. The fraction of sp³-hybridized carbons (Fsp3) is 0.500. The molecule has 1 aromatic carbocycles. The Hall–Kier alpha value is -1.92. The summed E-state index contributed by atoms with van der Waals surface area (Å²) in [5.74, 6) is -4.36. The smallest absolute Gasteiger partial charge is 0.323 e. The first kappa shape index (κ1) is 16.5. The van der Waals surface area contributed by atoms with Crippen LogP contribution in [0.1, 0.15) is 18.6 Å². The van der Waals surface area contributed by atoms with Crippen LogP contribution in [-0.4, -0.2) is 39.1 Å². The Kier molecular flexibility index (Phi) is 4.83. The SMILES string of the molecule is COC(=O)[C@@H]1C(=O)O[C@](C)(OC)[C@@H]1C(OC)c1ccccc1. The second kappa shape index (κ2) is 6.46. The molecule has 1 saturated heterocycles. The van der Waals surface area contributed by atoms with E-state index in [-0.39, 0.29) is 0 Å². The van der Waals surface area contributed by atoms with Gasteiger partial charge in [0, 0.05) is 21.1 Å². The Morgan fingerprint density at radius 2 is 1.86 bits per heavy atom. The molecule has 2 rings (SSSR count). The van der Waals surface area contributed by atoms with E-state index in [0.717, 1.165) is 5.56 Å². The van der Waals surface area contributed by atoms with E-state index in [2.05, 4.69) is 0 Å². The summed E-state index contributed by atoms with van der Waals surface area (Å²) in [7, 11) is 4.18. The number of carbonyl (C=O) groups is 2. The molecule has 0 spiro atoms. The molecule has 6 nitrogen and oxygen atoms in total. The van der Waals surface area contributed by atoms with Crippen molar-refractivity contribution in [2.45, 2.75) is 18.8 Å². The van der Waals surface area contributed by atoms with E-state index >= 15 is 0 Å². The lowest BCUT2D eigenvalue weighted by atomic mass is 9.81. The van der Waals surface area contributed by atoms with Crippen molar-refractivity contribution in [1.82, 2.24) is 0 Å². The lowest BCUT2D eigenvalue weighted by Crippen LogP contribution is -2.42. The first-order chi connectivity index (χ1) is 10.5. The molecule has 0 aliphatic carbocycles. The van der Waals surface area contributed by atoms with Crippen molar-refractivity contribution in [2.75, 3.05) is 21.3 Å². The van der Waals surface area contributed by atoms with Crippen molar-refractivity contribution in [1.29, 1.82) is 0 Å². The molecule has 1 aromatic rings. The van der Waals surface area contributed by atoms with Gasteiger partial charge in [0.2, 0.25) is 5.79 Å². The highest BCUT2D eigenvalue weighted by Gasteiger charge is 2.60. The summed E-state index contributed by atoms with van der Waals surface area (Å²) in [6, 6.07) is 9.31. The van der Waals surface area contributed by atoms with Crippen LogP contribution in [0.3, 0.4) is 0 Å². The minimum Gasteiger partial charge on any atom is -0.468 e. The van der Waals surface area contributed by atoms with Gasteiger partial charge in [-0.05, 0) is 5.56 Å². The third kappa shape index (κ3) is 2.71. The molecule has 22 heavy (non-hydrogen) atoms. The highest BCUT2D eigenvalue weighted by molar-refractivity contribution is 5.97. The van der Waals surface area contributed by atoms with Crippen molar-refractivity contribution in [3.05, 3.63) is 35.9 Å². The van der Waals surface area contributed by atoms with Gasteiger partial charge < -0.3 is 18.9 Å². The second-order valence-electron chi connectivity index (χ2n) is 5.23. The van der Waals surface area contributed by atoms with Gasteiger partial charge in [0.05, 0.1) is 19.1 Å². The van der Waals surface area contributed by atoms with Crippen LogP contribution in [-0.2, 0) is 28.5 Å². The van der Waals surface area contributed by atoms with Crippen LogP contribution in [0.15, 0.2) is 30.3 Å². The van der Waals surface area contributed by atoms with E-state index in [4.69, 9.17) is 18.9 Å². The molecule has 4 atom stereocenters. The number of cyclic esters (lactones) is 1. The Labute approximate surface area is 129 Å². The van der Waals surface area contributed by atoms with Gasteiger partial charge in [-0.1, -0.05) is 30.3 Å². The monoisotopic (exact) mass is 308 g/mol. The zero-order valence-corrected chi connectivity index (χ0v) is 13.1. The number of ether oxygens (including phenoxy) is 4. The molecule has 120 valence electrons. The fourth-order valence-electron chi connectivity index (χ4n) is 2.91. The van der Waals surface area contributed by atoms with Crippen LogP contribution < -0.4 is 0 Å². The summed E-state index contributed by atoms with van der Waals surface area (Å²) in [6.45, 7) is 1.62. The molecule has 0 aromatic heterocycles. The average molecular weight is 308 g/mol. The number of esters is 2. The van der Waals surface area contributed by atoms with Crippen molar-refractivity contribution in [2.24, 2.45) is 11.8 Å². The van der Waals surface area contributed by atoms with E-state index in [9.17, 15) is 9.59 Å². The maximum absolute atomic E-state index is 12.2. The van der Waals surface area contributed by atoms with Gasteiger partial charge in [0.25, 0.3) is 0 Å².